The predicted octanol–water partition coefficient (Wildman–Crippen LogP) is 2.88. The first-order valence-corrected chi connectivity index (χ1v) is 11.2. The van der Waals surface area contributed by atoms with Crippen LogP contribution in [-0.2, 0) is 17.9 Å². The minimum atomic E-state index is -0.205. The molecule has 0 aliphatic heterocycles. The van der Waals surface area contributed by atoms with Crippen molar-refractivity contribution in [1.82, 2.24) is 30.3 Å². The highest BCUT2D eigenvalue weighted by molar-refractivity contribution is 9.10. The lowest BCUT2D eigenvalue weighted by Crippen LogP contribution is -2.25. The lowest BCUT2D eigenvalue weighted by molar-refractivity contribution is -0.113. The number of halogens is 1. The molecule has 2 aromatic heterocycles. The third kappa shape index (κ3) is 5.61. The summed E-state index contributed by atoms with van der Waals surface area (Å²) < 4.78 is 2.59. The van der Waals surface area contributed by atoms with Gasteiger partial charge < -0.3 is 9.88 Å². The van der Waals surface area contributed by atoms with E-state index in [1.165, 1.54) is 23.1 Å². The number of carbonyl (C=O) groups excluding carboxylic acids is 2. The monoisotopic (exact) mass is 495 g/mol. The van der Waals surface area contributed by atoms with Gasteiger partial charge in [0.25, 0.3) is 5.91 Å². The first kappa shape index (κ1) is 21.4. The molecule has 152 valence electrons. The van der Waals surface area contributed by atoms with Gasteiger partial charge in [-0.3, -0.25) is 14.9 Å². The molecule has 0 bridgehead atoms. The fraction of sp³-hybridized carbons (Fsp3) is 0.294. The van der Waals surface area contributed by atoms with Crippen molar-refractivity contribution in [2.24, 2.45) is 0 Å². The Hall–Kier alpha value is -2.31. The van der Waals surface area contributed by atoms with E-state index in [0.717, 1.165) is 9.48 Å². The summed E-state index contributed by atoms with van der Waals surface area (Å²) in [6.45, 7) is 4.63. The Morgan fingerprint density at radius 1 is 1.21 bits per heavy atom. The summed E-state index contributed by atoms with van der Waals surface area (Å²) in [4.78, 5) is 24.5. The van der Waals surface area contributed by atoms with Crippen LogP contribution >= 0.6 is 39.0 Å². The molecular formula is C17H18BrN7O2S2. The molecule has 12 heteroatoms. The number of rotatable bonds is 8. The van der Waals surface area contributed by atoms with Crippen LogP contribution in [0.5, 0.6) is 0 Å². The van der Waals surface area contributed by atoms with Gasteiger partial charge in [0, 0.05) is 11.0 Å². The number of carbonyl (C=O) groups is 2. The molecule has 1 aromatic carbocycles. The van der Waals surface area contributed by atoms with Crippen LogP contribution in [0.1, 0.15) is 28.1 Å². The topological polar surface area (TPSA) is 115 Å². The van der Waals surface area contributed by atoms with E-state index in [4.69, 9.17) is 0 Å². The fourth-order valence-corrected chi connectivity index (χ4v) is 4.30. The molecule has 0 saturated heterocycles. The summed E-state index contributed by atoms with van der Waals surface area (Å²) in [5.74, 6) is 0.389. The molecule has 2 amide bonds. The first-order valence-electron chi connectivity index (χ1n) is 8.65. The van der Waals surface area contributed by atoms with Gasteiger partial charge in [-0.15, -0.1) is 20.4 Å². The molecule has 0 atom stereocenters. The van der Waals surface area contributed by atoms with Gasteiger partial charge >= 0.3 is 0 Å². The smallest absolute Gasteiger partial charge is 0.252 e. The van der Waals surface area contributed by atoms with Gasteiger partial charge in [-0.2, -0.15) is 0 Å². The molecule has 0 aliphatic rings. The number of nitrogens with zero attached hydrogens (tertiary/aromatic N) is 5. The number of benzene rings is 1. The fourth-order valence-electron chi connectivity index (χ4n) is 2.41. The number of hydrogen-bond acceptors (Lipinski definition) is 8. The van der Waals surface area contributed by atoms with E-state index in [1.807, 2.05) is 30.5 Å². The lowest BCUT2D eigenvalue weighted by Gasteiger charge is -2.09. The average molecular weight is 496 g/mol. The Labute approximate surface area is 183 Å². The summed E-state index contributed by atoms with van der Waals surface area (Å²) >= 11 is 5.96. The van der Waals surface area contributed by atoms with E-state index in [2.05, 4.69) is 47.0 Å². The number of anilines is 1. The van der Waals surface area contributed by atoms with Crippen LogP contribution in [0.15, 0.2) is 33.9 Å². The van der Waals surface area contributed by atoms with Crippen molar-refractivity contribution in [2.75, 3.05) is 11.1 Å². The molecule has 0 fully saturated rings. The van der Waals surface area contributed by atoms with Crippen LogP contribution in [0.4, 0.5) is 5.13 Å². The zero-order valence-electron chi connectivity index (χ0n) is 15.7. The second-order valence-electron chi connectivity index (χ2n) is 5.77. The zero-order chi connectivity index (χ0) is 20.8. The van der Waals surface area contributed by atoms with Gasteiger partial charge in [-0.25, -0.2) is 0 Å². The Morgan fingerprint density at radius 3 is 2.69 bits per heavy atom. The zero-order valence-corrected chi connectivity index (χ0v) is 18.9. The molecule has 0 radical (unpaired) electrons. The minimum absolute atomic E-state index is 0.167. The summed E-state index contributed by atoms with van der Waals surface area (Å²) in [7, 11) is 0. The molecule has 0 aliphatic carbocycles. The van der Waals surface area contributed by atoms with Gasteiger partial charge in [0.1, 0.15) is 5.01 Å². The number of amides is 2. The minimum Gasteiger partial charge on any atom is -0.345 e. The number of nitrogens with one attached hydrogen (secondary N) is 2. The van der Waals surface area contributed by atoms with Gasteiger partial charge in [-0.1, -0.05) is 35.2 Å². The van der Waals surface area contributed by atoms with Crippen LogP contribution in [0, 0.1) is 6.92 Å². The predicted molar refractivity (Wildman–Crippen MR) is 115 cm³/mol. The largest absolute Gasteiger partial charge is 0.345 e. The maximum atomic E-state index is 12.4. The SMILES string of the molecule is CCn1c(CNC(=O)c2ccccc2Br)nnc1SCC(=O)Nc1nnc(C)s1. The number of aryl methyl sites for hydroxylation is 1. The molecule has 3 aromatic rings. The number of aromatic nitrogens is 5. The maximum Gasteiger partial charge on any atom is 0.252 e. The van der Waals surface area contributed by atoms with Crippen LogP contribution in [0.2, 0.25) is 0 Å². The van der Waals surface area contributed by atoms with E-state index in [1.54, 1.807) is 12.1 Å². The highest BCUT2D eigenvalue weighted by Crippen LogP contribution is 2.19. The van der Waals surface area contributed by atoms with Crippen molar-refractivity contribution in [3.05, 3.63) is 45.1 Å². The summed E-state index contributed by atoms with van der Waals surface area (Å²) in [5.41, 5.74) is 0.549. The Balaban J connectivity index is 1.57. The molecule has 2 N–H and O–H groups in total. The van der Waals surface area contributed by atoms with Crippen LogP contribution in [0.25, 0.3) is 0 Å². The number of hydrogen-bond donors (Lipinski definition) is 2. The van der Waals surface area contributed by atoms with Gasteiger partial charge in [0.2, 0.25) is 11.0 Å². The van der Waals surface area contributed by atoms with Crippen LogP contribution in [0.3, 0.4) is 0 Å². The van der Waals surface area contributed by atoms with Gasteiger partial charge in [0.15, 0.2) is 11.0 Å². The van der Waals surface area contributed by atoms with E-state index in [9.17, 15) is 9.59 Å². The average Bonchev–Trinajstić information content (AvgIpc) is 3.30. The molecule has 0 spiro atoms. The maximum absolute atomic E-state index is 12.4. The van der Waals surface area contributed by atoms with Crippen LogP contribution in [-0.4, -0.2) is 42.5 Å². The second-order valence-corrected chi connectivity index (χ2v) is 8.75. The molecule has 0 saturated carbocycles. The third-order valence-corrected chi connectivity index (χ3v) is 6.15. The Morgan fingerprint density at radius 2 is 2.00 bits per heavy atom. The number of thioether (sulfide) groups is 1. The lowest BCUT2D eigenvalue weighted by atomic mass is 10.2. The van der Waals surface area contributed by atoms with Crippen molar-refractivity contribution >= 4 is 56.0 Å². The molecular weight excluding hydrogens is 478 g/mol. The van der Waals surface area contributed by atoms with E-state index < -0.39 is 0 Å². The van der Waals surface area contributed by atoms with Gasteiger partial charge in [-0.05, 0) is 41.9 Å². The van der Waals surface area contributed by atoms with Crippen LogP contribution < -0.4 is 10.6 Å². The first-order chi connectivity index (χ1) is 14.0. The van der Waals surface area contributed by atoms with E-state index >= 15 is 0 Å². The standard InChI is InChI=1S/C17H18BrN7O2S2/c1-3-25-13(8-19-15(27)11-6-4-5-7-12(11)18)22-24-17(25)28-9-14(26)20-16-23-21-10(2)29-16/h4-7H,3,8-9H2,1-2H3,(H,19,27)(H,20,23,26). The quantitative estimate of drug-likeness (QED) is 0.461. The van der Waals surface area contributed by atoms with Crippen molar-refractivity contribution in [3.8, 4) is 0 Å². The highest BCUT2D eigenvalue weighted by Gasteiger charge is 2.16. The molecule has 2 heterocycles. The second kappa shape index (κ2) is 9.94. The van der Waals surface area contributed by atoms with E-state index in [-0.39, 0.29) is 24.1 Å². The van der Waals surface area contributed by atoms with Gasteiger partial charge in [0.05, 0.1) is 17.9 Å². The summed E-state index contributed by atoms with van der Waals surface area (Å²) in [6, 6.07) is 7.20. The Kier molecular flexibility index (Phi) is 7.34. The van der Waals surface area contributed by atoms with Crippen molar-refractivity contribution in [2.45, 2.75) is 32.1 Å². The Bertz CT molecular complexity index is 1020. The van der Waals surface area contributed by atoms with Crippen molar-refractivity contribution in [1.29, 1.82) is 0 Å². The van der Waals surface area contributed by atoms with Crippen molar-refractivity contribution in [3.63, 3.8) is 0 Å². The highest BCUT2D eigenvalue weighted by atomic mass is 79.9. The van der Waals surface area contributed by atoms with Crippen molar-refractivity contribution < 1.29 is 9.59 Å². The molecule has 3 rings (SSSR count). The summed E-state index contributed by atoms with van der Waals surface area (Å²) in [6.07, 6.45) is 0. The summed E-state index contributed by atoms with van der Waals surface area (Å²) in [5, 5.41) is 23.5. The molecule has 29 heavy (non-hydrogen) atoms. The third-order valence-electron chi connectivity index (χ3n) is 3.74. The molecule has 0 unspecified atom stereocenters. The molecule has 9 nitrogen and oxygen atoms in total. The normalized spacial score (nSPS) is 10.7. The van der Waals surface area contributed by atoms with E-state index in [0.29, 0.717) is 28.2 Å².